The van der Waals surface area contributed by atoms with E-state index in [1.54, 1.807) is 11.8 Å². The van der Waals surface area contributed by atoms with Crippen molar-refractivity contribution in [2.45, 2.75) is 29.8 Å². The molecule has 1 aromatic carbocycles. The number of carbonyl (C=O) groups excluding carboxylic acids is 1. The number of carbonyl (C=O) groups is 1. The van der Waals surface area contributed by atoms with E-state index in [4.69, 9.17) is 0 Å². The van der Waals surface area contributed by atoms with Gasteiger partial charge in [-0.3, -0.25) is 9.59 Å². The molecule has 122 valence electrons. The SMILES string of the molecule is CCCc1cc(=O)[nH]c(SCC(=O)Nc2ccccc2SC)n1. The molecule has 1 aromatic heterocycles. The quantitative estimate of drug-likeness (QED) is 0.593. The monoisotopic (exact) mass is 349 g/mol. The van der Waals surface area contributed by atoms with E-state index in [2.05, 4.69) is 15.3 Å². The lowest BCUT2D eigenvalue weighted by Crippen LogP contribution is -2.16. The standard InChI is InChI=1S/C16H19N3O2S2/c1-3-6-11-9-14(20)19-16(17-11)23-10-15(21)18-12-7-4-5-8-13(12)22-2/h4-5,7-9H,3,6,10H2,1-2H3,(H,18,21)(H,17,19,20). The molecule has 2 N–H and O–H groups in total. The Morgan fingerprint density at radius 1 is 1.35 bits per heavy atom. The Kier molecular flexibility index (Phi) is 6.73. The van der Waals surface area contributed by atoms with E-state index in [-0.39, 0.29) is 17.2 Å². The van der Waals surface area contributed by atoms with Crippen LogP contribution in [0.1, 0.15) is 19.0 Å². The molecule has 0 aliphatic rings. The van der Waals surface area contributed by atoms with Crippen molar-refractivity contribution >= 4 is 35.1 Å². The van der Waals surface area contributed by atoms with Crippen molar-refractivity contribution < 1.29 is 4.79 Å². The predicted octanol–water partition coefficient (Wildman–Crippen LogP) is 3.18. The number of anilines is 1. The molecule has 5 nitrogen and oxygen atoms in total. The lowest BCUT2D eigenvalue weighted by molar-refractivity contribution is -0.113. The highest BCUT2D eigenvalue weighted by molar-refractivity contribution is 7.99. The van der Waals surface area contributed by atoms with Gasteiger partial charge in [-0.1, -0.05) is 37.2 Å². The van der Waals surface area contributed by atoms with Crippen LogP contribution in [0.25, 0.3) is 0 Å². The van der Waals surface area contributed by atoms with Crippen LogP contribution in [-0.4, -0.2) is 27.9 Å². The molecule has 7 heteroatoms. The van der Waals surface area contributed by atoms with Crippen LogP contribution in [0, 0.1) is 0 Å². The summed E-state index contributed by atoms with van der Waals surface area (Å²) in [4.78, 5) is 31.7. The molecule has 0 saturated carbocycles. The number of hydrogen-bond donors (Lipinski definition) is 2. The molecular weight excluding hydrogens is 330 g/mol. The van der Waals surface area contributed by atoms with Gasteiger partial charge in [-0.25, -0.2) is 4.98 Å². The summed E-state index contributed by atoms with van der Waals surface area (Å²) in [6.45, 7) is 2.03. The fourth-order valence-corrected chi connectivity index (χ4v) is 3.25. The van der Waals surface area contributed by atoms with Crippen molar-refractivity contribution in [2.24, 2.45) is 0 Å². The van der Waals surface area contributed by atoms with Crippen molar-refractivity contribution in [3.63, 3.8) is 0 Å². The van der Waals surface area contributed by atoms with Gasteiger partial charge in [0.25, 0.3) is 5.56 Å². The van der Waals surface area contributed by atoms with Crippen LogP contribution in [-0.2, 0) is 11.2 Å². The van der Waals surface area contributed by atoms with Crippen LogP contribution >= 0.6 is 23.5 Å². The number of para-hydroxylation sites is 1. The lowest BCUT2D eigenvalue weighted by atomic mass is 10.2. The number of rotatable bonds is 7. The average Bonchev–Trinajstić information content (AvgIpc) is 2.53. The van der Waals surface area contributed by atoms with Gasteiger partial charge in [0.05, 0.1) is 11.4 Å². The summed E-state index contributed by atoms with van der Waals surface area (Å²) in [5.74, 6) is 0.0707. The summed E-state index contributed by atoms with van der Waals surface area (Å²) in [6, 6.07) is 9.15. The van der Waals surface area contributed by atoms with E-state index >= 15 is 0 Å². The second-order valence-corrected chi connectivity index (χ2v) is 6.64. The van der Waals surface area contributed by atoms with Gasteiger partial charge in [-0.15, -0.1) is 11.8 Å². The minimum atomic E-state index is -0.181. The molecule has 0 bridgehead atoms. The van der Waals surface area contributed by atoms with E-state index in [9.17, 15) is 9.59 Å². The van der Waals surface area contributed by atoms with Gasteiger partial charge in [0.15, 0.2) is 5.16 Å². The number of benzene rings is 1. The highest BCUT2D eigenvalue weighted by atomic mass is 32.2. The van der Waals surface area contributed by atoms with Crippen molar-refractivity contribution in [3.8, 4) is 0 Å². The largest absolute Gasteiger partial charge is 0.324 e. The first-order valence-corrected chi connectivity index (χ1v) is 9.49. The summed E-state index contributed by atoms with van der Waals surface area (Å²) < 4.78 is 0. The molecule has 0 aliphatic carbocycles. The second-order valence-electron chi connectivity index (χ2n) is 4.83. The second kappa shape index (κ2) is 8.79. The molecule has 1 amide bonds. The van der Waals surface area contributed by atoms with E-state index in [1.807, 2.05) is 37.4 Å². The average molecular weight is 349 g/mol. The zero-order valence-corrected chi connectivity index (χ0v) is 14.7. The predicted molar refractivity (Wildman–Crippen MR) is 96.4 cm³/mol. The Hall–Kier alpha value is -1.73. The number of amides is 1. The molecule has 23 heavy (non-hydrogen) atoms. The minimum absolute atomic E-state index is 0.125. The highest BCUT2D eigenvalue weighted by Crippen LogP contribution is 2.24. The number of aromatic amines is 1. The highest BCUT2D eigenvalue weighted by Gasteiger charge is 2.08. The topological polar surface area (TPSA) is 74.8 Å². The summed E-state index contributed by atoms with van der Waals surface area (Å²) in [5, 5.41) is 3.37. The molecular formula is C16H19N3O2S2. The molecule has 2 aromatic rings. The van der Waals surface area contributed by atoms with Crippen LogP contribution in [0.3, 0.4) is 0 Å². The van der Waals surface area contributed by atoms with Gasteiger partial charge >= 0.3 is 0 Å². The molecule has 0 radical (unpaired) electrons. The first-order chi connectivity index (χ1) is 11.1. The smallest absolute Gasteiger partial charge is 0.251 e. The fraction of sp³-hybridized carbons (Fsp3) is 0.312. The first kappa shape index (κ1) is 17.6. The Morgan fingerprint density at radius 3 is 2.87 bits per heavy atom. The Balaban J connectivity index is 1.98. The molecule has 0 atom stereocenters. The van der Waals surface area contributed by atoms with Crippen LogP contribution in [0.2, 0.25) is 0 Å². The van der Waals surface area contributed by atoms with Gasteiger partial charge in [-0.2, -0.15) is 0 Å². The summed E-state index contributed by atoms with van der Waals surface area (Å²) in [5.41, 5.74) is 1.37. The molecule has 0 unspecified atom stereocenters. The van der Waals surface area contributed by atoms with E-state index in [0.717, 1.165) is 29.1 Å². The van der Waals surface area contributed by atoms with Crippen molar-refractivity contribution in [1.82, 2.24) is 9.97 Å². The number of hydrogen-bond acceptors (Lipinski definition) is 5. The summed E-state index contributed by atoms with van der Waals surface area (Å²) >= 11 is 2.81. The van der Waals surface area contributed by atoms with E-state index < -0.39 is 0 Å². The third-order valence-corrected chi connectivity index (χ3v) is 4.67. The number of nitrogens with zero attached hydrogens (tertiary/aromatic N) is 1. The number of aromatic nitrogens is 2. The molecule has 0 fully saturated rings. The van der Waals surface area contributed by atoms with Gasteiger partial charge in [0.2, 0.25) is 5.91 Å². The van der Waals surface area contributed by atoms with E-state index in [1.165, 1.54) is 17.8 Å². The number of nitrogens with one attached hydrogen (secondary N) is 2. The number of thioether (sulfide) groups is 2. The van der Waals surface area contributed by atoms with Crippen molar-refractivity contribution in [2.75, 3.05) is 17.3 Å². The third-order valence-electron chi connectivity index (χ3n) is 3.00. The first-order valence-electron chi connectivity index (χ1n) is 7.28. The Bertz CT molecular complexity index is 731. The van der Waals surface area contributed by atoms with Crippen LogP contribution in [0.15, 0.2) is 45.2 Å². The van der Waals surface area contributed by atoms with Crippen molar-refractivity contribution in [3.05, 3.63) is 46.4 Å². The number of aryl methyl sites for hydroxylation is 1. The summed E-state index contributed by atoms with van der Waals surface area (Å²) in [7, 11) is 0. The zero-order chi connectivity index (χ0) is 16.7. The van der Waals surface area contributed by atoms with E-state index in [0.29, 0.717) is 5.16 Å². The maximum absolute atomic E-state index is 12.1. The fourth-order valence-electron chi connectivity index (χ4n) is 2.00. The molecule has 0 aliphatic heterocycles. The van der Waals surface area contributed by atoms with Gasteiger partial charge in [0, 0.05) is 16.7 Å². The lowest BCUT2D eigenvalue weighted by Gasteiger charge is -2.09. The maximum Gasteiger partial charge on any atom is 0.251 e. The third kappa shape index (κ3) is 5.44. The van der Waals surface area contributed by atoms with Crippen molar-refractivity contribution in [1.29, 1.82) is 0 Å². The molecule has 0 saturated heterocycles. The zero-order valence-electron chi connectivity index (χ0n) is 13.1. The van der Waals surface area contributed by atoms with Crippen LogP contribution in [0.5, 0.6) is 0 Å². The Labute approximate surface area is 143 Å². The summed E-state index contributed by atoms with van der Waals surface area (Å²) in [6.07, 6.45) is 3.64. The van der Waals surface area contributed by atoms with Gasteiger partial charge in [0.1, 0.15) is 0 Å². The molecule has 1 heterocycles. The minimum Gasteiger partial charge on any atom is -0.324 e. The molecule has 2 rings (SSSR count). The normalized spacial score (nSPS) is 10.5. The maximum atomic E-state index is 12.1. The molecule has 0 spiro atoms. The van der Waals surface area contributed by atoms with Gasteiger partial charge < -0.3 is 10.3 Å². The van der Waals surface area contributed by atoms with Gasteiger partial charge in [-0.05, 0) is 24.8 Å². The van der Waals surface area contributed by atoms with Crippen LogP contribution < -0.4 is 10.9 Å². The Morgan fingerprint density at radius 2 is 2.13 bits per heavy atom. The van der Waals surface area contributed by atoms with Crippen LogP contribution in [0.4, 0.5) is 5.69 Å². The number of H-pyrrole nitrogens is 1.